The van der Waals surface area contributed by atoms with Crippen molar-refractivity contribution in [3.63, 3.8) is 0 Å². The number of hydrogen-bond acceptors (Lipinski definition) is 4. The molecule has 1 aliphatic carbocycles. The maximum absolute atomic E-state index is 12.7. The molecule has 1 fully saturated rings. The van der Waals surface area contributed by atoms with Crippen LogP contribution < -0.4 is 10.6 Å². The van der Waals surface area contributed by atoms with E-state index < -0.39 is 5.91 Å². The highest BCUT2D eigenvalue weighted by Crippen LogP contribution is 2.42. The third kappa shape index (κ3) is 4.59. The highest BCUT2D eigenvalue weighted by atomic mass is 35.5. The Morgan fingerprint density at radius 1 is 1.12 bits per heavy atom. The smallest absolute Gasteiger partial charge is 0.342 e. The van der Waals surface area contributed by atoms with E-state index in [9.17, 15) is 14.7 Å². The standard InChI is InChI=1S/C23H22Cl2N4O3/c1-12(2)26-23(32)29-19(13-6-7-13)11-18(28-29)15-10-14(8-9-20(15)30)27-22(31)21-16(24)4-3-5-17(21)25/h3-5,8-13,30H,6-7H2,1-2H3,(H,26,32)(H,27,31). The van der Waals surface area contributed by atoms with Gasteiger partial charge in [-0.15, -0.1) is 0 Å². The van der Waals surface area contributed by atoms with E-state index in [-0.39, 0.29) is 39.3 Å². The van der Waals surface area contributed by atoms with Crippen LogP contribution in [0.5, 0.6) is 5.75 Å². The van der Waals surface area contributed by atoms with E-state index in [2.05, 4.69) is 15.7 Å². The molecule has 1 heterocycles. The van der Waals surface area contributed by atoms with E-state index in [1.54, 1.807) is 30.3 Å². The van der Waals surface area contributed by atoms with Gasteiger partial charge < -0.3 is 15.7 Å². The molecule has 0 radical (unpaired) electrons. The number of carbonyl (C=O) groups is 2. The largest absolute Gasteiger partial charge is 0.507 e. The van der Waals surface area contributed by atoms with Crippen LogP contribution in [0.2, 0.25) is 10.0 Å². The van der Waals surface area contributed by atoms with Gasteiger partial charge in [0.1, 0.15) is 5.75 Å². The third-order valence-electron chi connectivity index (χ3n) is 5.06. The van der Waals surface area contributed by atoms with Gasteiger partial charge in [0.05, 0.1) is 27.0 Å². The first kappa shape index (κ1) is 22.2. The summed E-state index contributed by atoms with van der Waals surface area (Å²) >= 11 is 12.3. The van der Waals surface area contributed by atoms with Crippen molar-refractivity contribution in [2.45, 2.75) is 38.6 Å². The number of carbonyl (C=O) groups excluding carboxylic acids is 2. The molecule has 7 nitrogen and oxygen atoms in total. The fourth-order valence-corrected chi connectivity index (χ4v) is 3.96. The van der Waals surface area contributed by atoms with Gasteiger partial charge in [-0.2, -0.15) is 9.78 Å². The predicted octanol–water partition coefficient (Wildman–Crippen LogP) is 5.66. The van der Waals surface area contributed by atoms with Crippen LogP contribution >= 0.6 is 23.2 Å². The predicted molar refractivity (Wildman–Crippen MR) is 125 cm³/mol. The maximum Gasteiger partial charge on any atom is 0.342 e. The zero-order valence-corrected chi connectivity index (χ0v) is 19.0. The van der Waals surface area contributed by atoms with E-state index >= 15 is 0 Å². The quantitative estimate of drug-likeness (QED) is 0.417. The lowest BCUT2D eigenvalue weighted by Crippen LogP contribution is -2.35. The molecule has 0 spiro atoms. The van der Waals surface area contributed by atoms with Gasteiger partial charge in [0.2, 0.25) is 0 Å². The number of nitrogens with one attached hydrogen (secondary N) is 2. The van der Waals surface area contributed by atoms with E-state index in [1.165, 1.54) is 10.7 Å². The number of anilines is 1. The number of phenols is 1. The Hall–Kier alpha value is -3.03. The molecule has 0 saturated heterocycles. The van der Waals surface area contributed by atoms with Crippen molar-refractivity contribution in [3.05, 3.63) is 63.8 Å². The van der Waals surface area contributed by atoms with E-state index in [0.29, 0.717) is 16.9 Å². The summed E-state index contributed by atoms with van der Waals surface area (Å²) in [7, 11) is 0. The Kier molecular flexibility index (Phi) is 6.13. The number of aromatic nitrogens is 2. The van der Waals surface area contributed by atoms with Crippen molar-refractivity contribution in [2.24, 2.45) is 0 Å². The number of rotatable bonds is 5. The van der Waals surface area contributed by atoms with Crippen LogP contribution in [0.15, 0.2) is 42.5 Å². The summed E-state index contributed by atoms with van der Waals surface area (Å²) in [4.78, 5) is 25.3. The van der Waals surface area contributed by atoms with Crippen molar-refractivity contribution >= 4 is 40.8 Å². The monoisotopic (exact) mass is 472 g/mol. The second kappa shape index (κ2) is 8.84. The van der Waals surface area contributed by atoms with Crippen molar-refractivity contribution in [3.8, 4) is 17.0 Å². The summed E-state index contributed by atoms with van der Waals surface area (Å²) in [6, 6.07) is 10.9. The first-order chi connectivity index (χ1) is 15.2. The molecule has 166 valence electrons. The Labute approximate surface area is 195 Å². The molecule has 2 aromatic carbocycles. The molecular weight excluding hydrogens is 451 g/mol. The van der Waals surface area contributed by atoms with E-state index in [1.807, 2.05) is 19.9 Å². The second-order valence-corrected chi connectivity index (χ2v) is 8.84. The third-order valence-corrected chi connectivity index (χ3v) is 5.69. The molecule has 1 aliphatic rings. The number of benzene rings is 2. The lowest BCUT2D eigenvalue weighted by molar-refractivity contribution is 0.102. The van der Waals surface area contributed by atoms with Gasteiger partial charge in [-0.05, 0) is 63.1 Å². The summed E-state index contributed by atoms with van der Waals surface area (Å²) in [5, 5.41) is 21.0. The fraction of sp³-hybridized carbons (Fsp3) is 0.261. The lowest BCUT2D eigenvalue weighted by atomic mass is 10.1. The van der Waals surface area contributed by atoms with Crippen LogP contribution in [-0.2, 0) is 0 Å². The number of amides is 2. The summed E-state index contributed by atoms with van der Waals surface area (Å²) in [6.45, 7) is 3.75. The van der Waals surface area contributed by atoms with Crippen LogP contribution in [0.1, 0.15) is 48.7 Å². The average molecular weight is 473 g/mol. The molecule has 1 saturated carbocycles. The molecule has 0 unspecified atom stereocenters. The number of hydrogen-bond donors (Lipinski definition) is 3. The molecule has 0 atom stereocenters. The van der Waals surface area contributed by atoms with Crippen LogP contribution in [-0.4, -0.2) is 32.9 Å². The number of aromatic hydroxyl groups is 1. The zero-order valence-electron chi connectivity index (χ0n) is 17.5. The van der Waals surface area contributed by atoms with E-state index in [4.69, 9.17) is 23.2 Å². The Balaban J connectivity index is 1.66. The summed E-state index contributed by atoms with van der Waals surface area (Å²) < 4.78 is 1.36. The lowest BCUT2D eigenvalue weighted by Gasteiger charge is -2.11. The van der Waals surface area contributed by atoms with Crippen molar-refractivity contribution < 1.29 is 14.7 Å². The SMILES string of the molecule is CC(C)NC(=O)n1nc(-c2cc(NC(=O)c3c(Cl)cccc3Cl)ccc2O)cc1C1CC1. The number of phenolic OH excluding ortho intramolecular Hbond substituents is 1. The van der Waals surface area contributed by atoms with Gasteiger partial charge in [-0.25, -0.2) is 4.79 Å². The second-order valence-electron chi connectivity index (χ2n) is 8.03. The molecule has 0 aliphatic heterocycles. The minimum absolute atomic E-state index is 0.0185. The minimum Gasteiger partial charge on any atom is -0.507 e. The van der Waals surface area contributed by atoms with Gasteiger partial charge in [0.15, 0.2) is 0 Å². The van der Waals surface area contributed by atoms with Gasteiger partial charge in [-0.3, -0.25) is 4.79 Å². The minimum atomic E-state index is -0.474. The summed E-state index contributed by atoms with van der Waals surface area (Å²) in [6.07, 6.45) is 1.97. The maximum atomic E-state index is 12.7. The van der Waals surface area contributed by atoms with E-state index in [0.717, 1.165) is 18.5 Å². The average Bonchev–Trinajstić information content (AvgIpc) is 3.47. The Bertz CT molecular complexity index is 1180. The molecule has 1 aromatic heterocycles. The molecule has 3 aromatic rings. The first-order valence-corrected chi connectivity index (χ1v) is 11.0. The van der Waals surface area contributed by atoms with Crippen LogP contribution in [0.25, 0.3) is 11.3 Å². The Morgan fingerprint density at radius 2 is 1.81 bits per heavy atom. The van der Waals surface area contributed by atoms with Crippen molar-refractivity contribution in [1.82, 2.24) is 15.1 Å². The molecular formula is C23H22Cl2N4O3. The van der Waals surface area contributed by atoms with Crippen LogP contribution in [0.3, 0.4) is 0 Å². The van der Waals surface area contributed by atoms with Gasteiger partial charge in [-0.1, -0.05) is 29.3 Å². The number of nitrogens with zero attached hydrogens (tertiary/aromatic N) is 2. The summed E-state index contributed by atoms with van der Waals surface area (Å²) in [5.41, 5.74) is 2.22. The molecule has 0 bridgehead atoms. The highest BCUT2D eigenvalue weighted by molar-refractivity contribution is 6.40. The topological polar surface area (TPSA) is 96.3 Å². The number of halogens is 2. The highest BCUT2D eigenvalue weighted by Gasteiger charge is 2.31. The molecule has 2 amide bonds. The molecule has 3 N–H and O–H groups in total. The van der Waals surface area contributed by atoms with Gasteiger partial charge in [0, 0.05) is 23.2 Å². The Morgan fingerprint density at radius 3 is 2.44 bits per heavy atom. The first-order valence-electron chi connectivity index (χ1n) is 10.2. The van der Waals surface area contributed by atoms with Gasteiger partial charge in [0.25, 0.3) is 5.91 Å². The van der Waals surface area contributed by atoms with Crippen molar-refractivity contribution in [2.75, 3.05) is 5.32 Å². The van der Waals surface area contributed by atoms with Gasteiger partial charge >= 0.3 is 6.03 Å². The summed E-state index contributed by atoms with van der Waals surface area (Å²) in [5.74, 6) is -0.227. The molecule has 32 heavy (non-hydrogen) atoms. The molecule has 4 rings (SSSR count). The van der Waals surface area contributed by atoms with Crippen molar-refractivity contribution in [1.29, 1.82) is 0 Å². The van der Waals surface area contributed by atoms with Crippen LogP contribution in [0.4, 0.5) is 10.5 Å². The fourth-order valence-electron chi connectivity index (χ4n) is 3.40. The normalized spacial score (nSPS) is 13.3. The molecule has 9 heteroatoms. The zero-order chi connectivity index (χ0) is 23.0. The van der Waals surface area contributed by atoms with Crippen LogP contribution in [0, 0.1) is 0 Å².